The van der Waals surface area contributed by atoms with Crippen molar-refractivity contribution in [2.75, 3.05) is 6.54 Å². The standard InChI is InChI=1S/C14H16Cl3NO/c1-7-5-8-6-18(17)14(16)12(15)9-3-2-4-10(11(8)9)13(7)19/h7-8,10H,2-6H2,1H3. The van der Waals surface area contributed by atoms with E-state index in [1.807, 2.05) is 6.92 Å². The van der Waals surface area contributed by atoms with Gasteiger partial charge < -0.3 is 0 Å². The van der Waals surface area contributed by atoms with Gasteiger partial charge in [0.25, 0.3) is 0 Å². The molecular weight excluding hydrogens is 305 g/mol. The molecule has 5 heteroatoms. The quantitative estimate of drug-likeness (QED) is 0.486. The second-order valence-electron chi connectivity index (χ2n) is 5.76. The Bertz CT molecular complexity index is 497. The van der Waals surface area contributed by atoms with Crippen LogP contribution in [0.5, 0.6) is 0 Å². The summed E-state index contributed by atoms with van der Waals surface area (Å²) in [6.45, 7) is 2.66. The number of hydrogen-bond acceptors (Lipinski definition) is 2. The fraction of sp³-hybridized carbons (Fsp3) is 0.643. The minimum absolute atomic E-state index is 0.0406. The van der Waals surface area contributed by atoms with Crippen LogP contribution < -0.4 is 0 Å². The Labute approximate surface area is 128 Å². The summed E-state index contributed by atoms with van der Waals surface area (Å²) < 4.78 is 1.51. The lowest BCUT2D eigenvalue weighted by atomic mass is 9.65. The van der Waals surface area contributed by atoms with Crippen molar-refractivity contribution < 1.29 is 4.79 Å². The van der Waals surface area contributed by atoms with E-state index in [1.165, 1.54) is 9.99 Å². The lowest BCUT2D eigenvalue weighted by Crippen LogP contribution is -2.38. The highest BCUT2D eigenvalue weighted by atomic mass is 35.5. The largest absolute Gasteiger partial charge is 0.299 e. The summed E-state index contributed by atoms with van der Waals surface area (Å²) in [4.78, 5) is 12.4. The summed E-state index contributed by atoms with van der Waals surface area (Å²) in [5.41, 5.74) is 2.30. The van der Waals surface area contributed by atoms with Gasteiger partial charge in [0.05, 0.1) is 5.03 Å². The van der Waals surface area contributed by atoms with Gasteiger partial charge in [0.1, 0.15) is 10.9 Å². The molecule has 19 heavy (non-hydrogen) atoms. The summed E-state index contributed by atoms with van der Waals surface area (Å²) in [5, 5.41) is 0.946. The van der Waals surface area contributed by atoms with Crippen molar-refractivity contribution in [3.05, 3.63) is 21.3 Å². The van der Waals surface area contributed by atoms with Gasteiger partial charge in [0.15, 0.2) is 0 Å². The fourth-order valence-corrected chi connectivity index (χ4v) is 4.53. The maximum absolute atomic E-state index is 12.4. The lowest BCUT2D eigenvalue weighted by molar-refractivity contribution is -0.127. The number of carbonyl (C=O) groups excluding carboxylic acids is 1. The Morgan fingerprint density at radius 2 is 2.05 bits per heavy atom. The first-order valence-corrected chi connectivity index (χ1v) is 7.85. The van der Waals surface area contributed by atoms with Crippen LogP contribution in [0.2, 0.25) is 0 Å². The molecule has 0 radical (unpaired) electrons. The van der Waals surface area contributed by atoms with Gasteiger partial charge in [-0.15, -0.1) is 0 Å². The van der Waals surface area contributed by atoms with Crippen molar-refractivity contribution in [3.8, 4) is 0 Å². The predicted molar refractivity (Wildman–Crippen MR) is 77.9 cm³/mol. The molecule has 3 rings (SSSR count). The van der Waals surface area contributed by atoms with Crippen LogP contribution in [0.4, 0.5) is 0 Å². The van der Waals surface area contributed by atoms with E-state index in [0.29, 0.717) is 28.4 Å². The van der Waals surface area contributed by atoms with Crippen molar-refractivity contribution in [1.29, 1.82) is 0 Å². The van der Waals surface area contributed by atoms with E-state index in [2.05, 4.69) is 0 Å². The third-order valence-corrected chi connectivity index (χ3v) is 5.88. The minimum atomic E-state index is 0.0406. The lowest BCUT2D eigenvalue weighted by Gasteiger charge is -2.39. The summed E-state index contributed by atoms with van der Waals surface area (Å²) >= 11 is 18.8. The fourth-order valence-electron chi connectivity index (χ4n) is 3.75. The van der Waals surface area contributed by atoms with E-state index in [4.69, 9.17) is 35.0 Å². The average molecular weight is 321 g/mol. The van der Waals surface area contributed by atoms with Gasteiger partial charge in [0, 0.05) is 36.1 Å². The molecule has 0 aromatic heterocycles. The van der Waals surface area contributed by atoms with E-state index < -0.39 is 0 Å². The van der Waals surface area contributed by atoms with Crippen molar-refractivity contribution >= 4 is 40.8 Å². The van der Waals surface area contributed by atoms with E-state index in [1.54, 1.807) is 0 Å². The van der Waals surface area contributed by atoms with E-state index in [0.717, 1.165) is 31.3 Å². The maximum Gasteiger partial charge on any atom is 0.142 e. The third-order valence-electron chi connectivity index (χ3n) is 4.59. The van der Waals surface area contributed by atoms with Gasteiger partial charge in [-0.1, -0.05) is 30.1 Å². The summed E-state index contributed by atoms with van der Waals surface area (Å²) in [6, 6.07) is 0. The zero-order valence-electron chi connectivity index (χ0n) is 10.8. The molecule has 0 spiro atoms. The molecule has 1 heterocycles. The van der Waals surface area contributed by atoms with Crippen molar-refractivity contribution in [3.63, 3.8) is 0 Å². The Morgan fingerprint density at radius 3 is 2.79 bits per heavy atom. The summed E-state index contributed by atoms with van der Waals surface area (Å²) in [7, 11) is 0. The molecule has 0 N–H and O–H groups in total. The molecule has 3 atom stereocenters. The molecule has 2 aliphatic carbocycles. The third kappa shape index (κ3) is 2.12. The molecule has 2 nitrogen and oxygen atoms in total. The molecule has 3 unspecified atom stereocenters. The Morgan fingerprint density at radius 1 is 1.32 bits per heavy atom. The van der Waals surface area contributed by atoms with Crippen LogP contribution in [-0.4, -0.2) is 16.7 Å². The Kier molecular flexibility index (Phi) is 3.61. The number of nitrogens with zero attached hydrogens (tertiary/aromatic N) is 1. The predicted octanol–water partition coefficient (Wildman–Crippen LogP) is 4.42. The summed E-state index contributed by atoms with van der Waals surface area (Å²) in [5.74, 6) is 0.820. The molecule has 1 fully saturated rings. The average Bonchev–Trinajstić information content (AvgIpc) is 2.49. The second-order valence-corrected chi connectivity index (χ2v) is 6.91. The van der Waals surface area contributed by atoms with Crippen LogP contribution in [0.25, 0.3) is 0 Å². The van der Waals surface area contributed by atoms with Crippen LogP contribution in [0, 0.1) is 17.8 Å². The van der Waals surface area contributed by atoms with Gasteiger partial charge in [-0.3, -0.25) is 9.21 Å². The Balaban J connectivity index is 2.13. The highest BCUT2D eigenvalue weighted by Gasteiger charge is 2.43. The molecule has 0 saturated heterocycles. The molecular formula is C14H16Cl3NO. The van der Waals surface area contributed by atoms with Crippen LogP contribution >= 0.6 is 35.0 Å². The monoisotopic (exact) mass is 319 g/mol. The zero-order valence-corrected chi connectivity index (χ0v) is 13.0. The minimum Gasteiger partial charge on any atom is -0.299 e. The molecule has 0 amide bonds. The van der Waals surface area contributed by atoms with Crippen LogP contribution in [-0.2, 0) is 4.79 Å². The van der Waals surface area contributed by atoms with Gasteiger partial charge in [-0.25, -0.2) is 0 Å². The molecule has 0 aromatic rings. The number of carbonyl (C=O) groups is 1. The highest BCUT2D eigenvalue weighted by Crippen LogP contribution is 2.49. The summed E-state index contributed by atoms with van der Waals surface area (Å²) in [6.07, 6.45) is 3.70. The number of allylic oxidation sites excluding steroid dienone is 2. The molecule has 0 aromatic carbocycles. The van der Waals surface area contributed by atoms with Gasteiger partial charge in [0.2, 0.25) is 0 Å². The first-order chi connectivity index (χ1) is 9.00. The SMILES string of the molecule is CC1CC2CN(Cl)C(Cl)=C(Cl)C3=C2C(CCC3)C1=O. The van der Waals surface area contributed by atoms with E-state index >= 15 is 0 Å². The number of Topliss-reactive ketones (excluding diaryl/α,β-unsaturated/α-hetero) is 1. The van der Waals surface area contributed by atoms with Gasteiger partial charge in [-0.05, 0) is 36.8 Å². The zero-order chi connectivity index (χ0) is 13.7. The van der Waals surface area contributed by atoms with Gasteiger partial charge in [-0.2, -0.15) is 0 Å². The van der Waals surface area contributed by atoms with Crippen molar-refractivity contribution in [2.45, 2.75) is 32.6 Å². The van der Waals surface area contributed by atoms with Crippen molar-refractivity contribution in [2.24, 2.45) is 17.8 Å². The second kappa shape index (κ2) is 4.98. The van der Waals surface area contributed by atoms with Crippen LogP contribution in [0.3, 0.4) is 0 Å². The first-order valence-electron chi connectivity index (χ1n) is 6.76. The molecule has 0 bridgehead atoms. The number of rotatable bonds is 0. The normalized spacial score (nSPS) is 35.5. The molecule has 104 valence electrons. The van der Waals surface area contributed by atoms with E-state index in [9.17, 15) is 4.79 Å². The smallest absolute Gasteiger partial charge is 0.142 e. The van der Waals surface area contributed by atoms with Crippen LogP contribution in [0.1, 0.15) is 32.6 Å². The highest BCUT2D eigenvalue weighted by molar-refractivity contribution is 6.42. The van der Waals surface area contributed by atoms with Crippen LogP contribution in [0.15, 0.2) is 21.3 Å². The maximum atomic E-state index is 12.4. The first kappa shape index (κ1) is 13.8. The molecule has 1 saturated carbocycles. The number of ketones is 1. The van der Waals surface area contributed by atoms with Gasteiger partial charge >= 0.3 is 0 Å². The Hall–Kier alpha value is -0.180. The topological polar surface area (TPSA) is 20.3 Å². The molecule has 1 aliphatic heterocycles. The number of hydrogen-bond donors (Lipinski definition) is 0. The van der Waals surface area contributed by atoms with Crippen molar-refractivity contribution in [1.82, 2.24) is 4.42 Å². The number of halogens is 3. The molecule has 3 aliphatic rings. The van der Waals surface area contributed by atoms with E-state index in [-0.39, 0.29) is 11.8 Å².